The van der Waals surface area contributed by atoms with E-state index in [2.05, 4.69) is 40.3 Å². The fourth-order valence-electron chi connectivity index (χ4n) is 1.87. The van der Waals surface area contributed by atoms with Crippen molar-refractivity contribution in [2.45, 2.75) is 44.6 Å². The number of hydrogen-bond donors (Lipinski definition) is 4. The summed E-state index contributed by atoms with van der Waals surface area (Å²) >= 11 is 4.61. The minimum Gasteiger partial charge on any atom is -0.375 e. The van der Waals surface area contributed by atoms with E-state index in [0.717, 1.165) is 25.7 Å². The average molecular weight is 285 g/mol. The van der Waals surface area contributed by atoms with E-state index in [4.69, 9.17) is 5.73 Å². The van der Waals surface area contributed by atoms with Crippen LogP contribution in [-0.2, 0) is 4.79 Å². The predicted octanol–water partition coefficient (Wildman–Crippen LogP) is 0.354. The molecule has 0 aliphatic carbocycles. The van der Waals surface area contributed by atoms with Crippen molar-refractivity contribution in [1.29, 1.82) is 0 Å². The van der Waals surface area contributed by atoms with Gasteiger partial charge in [0.2, 0.25) is 0 Å². The van der Waals surface area contributed by atoms with Crippen LogP contribution < -0.4 is 21.8 Å². The third kappa shape index (κ3) is 4.47. The molecule has 0 aromatic carbocycles. The number of nitrogens with zero attached hydrogens (tertiary/aromatic N) is 1. The molecule has 0 aromatic heterocycles. The molecular formula is C11H19N5O2S. The number of hydrogen-bond acceptors (Lipinski definition) is 4. The summed E-state index contributed by atoms with van der Waals surface area (Å²) in [7, 11) is 0. The number of imide groups is 1. The molecular weight excluding hydrogens is 266 g/mol. The zero-order chi connectivity index (χ0) is 14.3. The molecule has 19 heavy (non-hydrogen) atoms. The number of nitrogens with one attached hydrogen (secondary N) is 3. The first-order valence-corrected chi connectivity index (χ1v) is 6.64. The summed E-state index contributed by atoms with van der Waals surface area (Å²) in [6.45, 7) is 2.10. The Balaban J connectivity index is 2.68. The number of unbranched alkanes of at least 4 members (excludes halogenated alkanes) is 3. The van der Waals surface area contributed by atoms with Gasteiger partial charge in [0.05, 0.1) is 6.21 Å². The van der Waals surface area contributed by atoms with Crippen LogP contribution in [0.5, 0.6) is 0 Å². The van der Waals surface area contributed by atoms with Gasteiger partial charge in [-0.3, -0.25) is 15.5 Å². The van der Waals surface area contributed by atoms with Crippen LogP contribution in [0.1, 0.15) is 39.0 Å². The fourth-order valence-corrected chi connectivity index (χ4v) is 1.93. The van der Waals surface area contributed by atoms with Gasteiger partial charge in [-0.2, -0.15) is 5.10 Å². The van der Waals surface area contributed by atoms with Crippen molar-refractivity contribution >= 4 is 35.5 Å². The maximum atomic E-state index is 11.9. The predicted molar refractivity (Wildman–Crippen MR) is 76.6 cm³/mol. The van der Waals surface area contributed by atoms with Gasteiger partial charge in [0, 0.05) is 0 Å². The molecule has 1 fully saturated rings. The second-order valence-electron chi connectivity index (χ2n) is 4.42. The standard InChI is InChI=1S/C11H19N5O2S/c1-2-3-4-5-6-11(7-13-16-9(12)19)8(17)14-10(18)15-11/h7H,2-6H2,1H3,(H3,12,16,19)(H2,14,15,17,18)/b13-7+/t11-/m1/s1. The minimum atomic E-state index is -1.11. The lowest BCUT2D eigenvalue weighted by Gasteiger charge is -2.20. The number of rotatable bonds is 7. The first-order valence-electron chi connectivity index (χ1n) is 6.23. The van der Waals surface area contributed by atoms with Crippen molar-refractivity contribution in [3.63, 3.8) is 0 Å². The van der Waals surface area contributed by atoms with Crippen LogP contribution in [0, 0.1) is 0 Å². The van der Waals surface area contributed by atoms with Crippen LogP contribution in [0.3, 0.4) is 0 Å². The van der Waals surface area contributed by atoms with Crippen LogP contribution in [0.15, 0.2) is 5.10 Å². The van der Waals surface area contributed by atoms with Crippen LogP contribution in [0.25, 0.3) is 0 Å². The highest BCUT2D eigenvalue weighted by Crippen LogP contribution is 2.18. The molecule has 1 aliphatic heterocycles. The maximum absolute atomic E-state index is 11.9. The molecule has 106 valence electrons. The van der Waals surface area contributed by atoms with Gasteiger partial charge >= 0.3 is 6.03 Å². The highest BCUT2D eigenvalue weighted by molar-refractivity contribution is 7.80. The number of amides is 3. The van der Waals surface area contributed by atoms with Crippen LogP contribution >= 0.6 is 12.2 Å². The molecule has 1 atom stereocenters. The van der Waals surface area contributed by atoms with Crippen molar-refractivity contribution in [2.75, 3.05) is 0 Å². The Hall–Kier alpha value is -1.70. The van der Waals surface area contributed by atoms with Gasteiger partial charge in [0.1, 0.15) is 0 Å². The van der Waals surface area contributed by atoms with E-state index >= 15 is 0 Å². The van der Waals surface area contributed by atoms with Gasteiger partial charge in [0.15, 0.2) is 10.7 Å². The number of carbonyl (C=O) groups is 2. The van der Waals surface area contributed by atoms with E-state index in [1.807, 2.05) is 0 Å². The summed E-state index contributed by atoms with van der Waals surface area (Å²) < 4.78 is 0. The van der Waals surface area contributed by atoms with Crippen molar-refractivity contribution in [2.24, 2.45) is 10.8 Å². The fraction of sp³-hybridized carbons (Fsp3) is 0.636. The van der Waals surface area contributed by atoms with Gasteiger partial charge in [-0.05, 0) is 18.6 Å². The highest BCUT2D eigenvalue weighted by Gasteiger charge is 2.44. The Labute approximate surface area is 117 Å². The molecule has 3 amide bonds. The van der Waals surface area contributed by atoms with Crippen molar-refractivity contribution in [3.05, 3.63) is 0 Å². The summed E-state index contributed by atoms with van der Waals surface area (Å²) in [5.74, 6) is -0.400. The normalized spacial score (nSPS) is 22.4. The van der Waals surface area contributed by atoms with Crippen LogP contribution in [0.4, 0.5) is 4.79 Å². The van der Waals surface area contributed by atoms with E-state index in [1.54, 1.807) is 0 Å². The smallest absolute Gasteiger partial charge is 0.322 e. The Bertz CT molecular complexity index is 399. The van der Waals surface area contributed by atoms with Gasteiger partial charge in [0.25, 0.3) is 5.91 Å². The quantitative estimate of drug-likeness (QED) is 0.177. The summed E-state index contributed by atoms with van der Waals surface area (Å²) in [6, 6.07) is -0.512. The molecule has 1 rings (SSSR count). The topological polar surface area (TPSA) is 109 Å². The maximum Gasteiger partial charge on any atom is 0.322 e. The number of nitrogens with two attached hydrogens (primary N) is 1. The summed E-state index contributed by atoms with van der Waals surface area (Å²) in [5.41, 5.74) is 6.51. The van der Waals surface area contributed by atoms with E-state index in [9.17, 15) is 9.59 Å². The van der Waals surface area contributed by atoms with E-state index in [0.29, 0.717) is 6.42 Å². The van der Waals surface area contributed by atoms with Crippen molar-refractivity contribution in [3.8, 4) is 0 Å². The zero-order valence-electron chi connectivity index (χ0n) is 10.9. The van der Waals surface area contributed by atoms with Crippen molar-refractivity contribution in [1.82, 2.24) is 16.1 Å². The van der Waals surface area contributed by atoms with Crippen LogP contribution in [0.2, 0.25) is 0 Å². The van der Waals surface area contributed by atoms with Gasteiger partial charge in [-0.15, -0.1) is 0 Å². The summed E-state index contributed by atoms with van der Waals surface area (Å²) in [6.07, 6.45) is 5.85. The molecule has 1 saturated heterocycles. The third-order valence-corrected chi connectivity index (χ3v) is 2.94. The Morgan fingerprint density at radius 1 is 1.47 bits per heavy atom. The van der Waals surface area contributed by atoms with Gasteiger partial charge in [-0.25, -0.2) is 4.79 Å². The number of thiocarbonyl (C=S) groups is 1. The van der Waals surface area contributed by atoms with Crippen molar-refractivity contribution < 1.29 is 9.59 Å². The minimum absolute atomic E-state index is 0.00196. The molecule has 0 saturated carbocycles. The Morgan fingerprint density at radius 2 is 2.21 bits per heavy atom. The highest BCUT2D eigenvalue weighted by atomic mass is 32.1. The molecule has 8 heteroatoms. The average Bonchev–Trinajstić information content (AvgIpc) is 2.60. The van der Waals surface area contributed by atoms with E-state index in [1.165, 1.54) is 6.21 Å². The second kappa shape index (κ2) is 7.03. The van der Waals surface area contributed by atoms with Crippen LogP contribution in [-0.4, -0.2) is 28.8 Å². The SMILES string of the molecule is CCCCCC[C@]1(/C=N/NC(N)=S)NC(=O)NC1=O. The molecule has 0 radical (unpaired) electrons. The molecule has 1 heterocycles. The summed E-state index contributed by atoms with van der Waals surface area (Å²) in [4.78, 5) is 23.1. The lowest BCUT2D eigenvalue weighted by atomic mass is 9.93. The van der Waals surface area contributed by atoms with E-state index < -0.39 is 17.5 Å². The van der Waals surface area contributed by atoms with Gasteiger partial charge in [-0.1, -0.05) is 32.6 Å². The molecule has 0 bridgehead atoms. The molecule has 1 aliphatic rings. The molecule has 5 N–H and O–H groups in total. The molecule has 0 aromatic rings. The molecule has 0 spiro atoms. The third-order valence-electron chi connectivity index (χ3n) is 2.85. The lowest BCUT2D eigenvalue weighted by Crippen LogP contribution is -2.49. The zero-order valence-corrected chi connectivity index (χ0v) is 11.7. The Kier molecular flexibility index (Phi) is 5.68. The Morgan fingerprint density at radius 3 is 2.74 bits per heavy atom. The second-order valence-corrected chi connectivity index (χ2v) is 4.86. The summed E-state index contributed by atoms with van der Waals surface area (Å²) in [5, 5.41) is 8.60. The lowest BCUT2D eigenvalue weighted by molar-refractivity contribution is -0.121. The number of carbonyl (C=O) groups excluding carboxylic acids is 2. The first-order chi connectivity index (χ1) is 9.00. The van der Waals surface area contributed by atoms with Gasteiger partial charge < -0.3 is 11.1 Å². The largest absolute Gasteiger partial charge is 0.375 e. The monoisotopic (exact) mass is 285 g/mol. The molecule has 0 unspecified atom stereocenters. The number of urea groups is 1. The number of hydrazone groups is 1. The molecule has 7 nitrogen and oxygen atoms in total. The van der Waals surface area contributed by atoms with E-state index in [-0.39, 0.29) is 5.11 Å². The first kappa shape index (κ1) is 15.4.